The second-order valence-corrected chi connectivity index (χ2v) is 4.36. The van der Waals surface area contributed by atoms with Gasteiger partial charge in [-0.1, -0.05) is 29.8 Å². The molecule has 4 nitrogen and oxygen atoms in total. The van der Waals surface area contributed by atoms with Gasteiger partial charge in [-0.2, -0.15) is 0 Å². The van der Waals surface area contributed by atoms with E-state index in [-0.39, 0.29) is 0 Å². The van der Waals surface area contributed by atoms with Crippen molar-refractivity contribution in [2.75, 3.05) is 0 Å². The van der Waals surface area contributed by atoms with Gasteiger partial charge >= 0.3 is 5.89 Å². The number of para-hydroxylation sites is 1. The van der Waals surface area contributed by atoms with Crippen molar-refractivity contribution in [2.45, 2.75) is 0 Å². The summed E-state index contributed by atoms with van der Waals surface area (Å²) in [5.41, 5.74) is 1.50. The van der Waals surface area contributed by atoms with Crippen molar-refractivity contribution in [3.63, 3.8) is 0 Å². The Hall–Kier alpha value is -2.33. The first-order valence-electron chi connectivity index (χ1n) is 5.65. The summed E-state index contributed by atoms with van der Waals surface area (Å²) in [6.07, 6.45) is -0.631. The first kappa shape index (κ1) is 11.7. The number of hydrogen-bond acceptors (Lipinski definition) is 3. The first-order chi connectivity index (χ1) is 9.24. The minimum Gasteiger partial charge on any atom is -0.524 e. The van der Waals surface area contributed by atoms with Gasteiger partial charge in [0.2, 0.25) is 11.8 Å². The topological polar surface area (TPSA) is 53.0 Å². The molecule has 0 aliphatic heterocycles. The highest BCUT2D eigenvalue weighted by molar-refractivity contribution is 6.30. The molecular weight excluding hydrogens is 264 g/mol. The Balaban J connectivity index is 2.15. The lowest BCUT2D eigenvalue weighted by Gasteiger charge is -1.98. The van der Waals surface area contributed by atoms with Crippen LogP contribution in [0.3, 0.4) is 0 Å². The molecule has 0 bridgehead atoms. The summed E-state index contributed by atoms with van der Waals surface area (Å²) in [6, 6.07) is 16.4. The third kappa shape index (κ3) is 2.30. The predicted molar refractivity (Wildman–Crippen MR) is 67.9 cm³/mol. The molecule has 0 spiro atoms. The number of aromatic nitrogens is 2. The van der Waals surface area contributed by atoms with Gasteiger partial charge < -0.3 is 9.52 Å². The van der Waals surface area contributed by atoms with E-state index in [2.05, 4.69) is 5.10 Å². The monoisotopic (exact) mass is 272 g/mol. The molecule has 0 atom stereocenters. The second kappa shape index (κ2) is 4.74. The Labute approximate surface area is 114 Å². The Morgan fingerprint density at radius 3 is 2.37 bits per heavy atom. The Kier molecular flexibility index (Phi) is 2.93. The van der Waals surface area contributed by atoms with Crippen LogP contribution in [0.1, 0.15) is 0 Å². The zero-order chi connectivity index (χ0) is 13.2. The SMILES string of the molecule is [O-]c1n[n+](-c2ccccc2)c(-c2ccc(Cl)cc2)o1. The van der Waals surface area contributed by atoms with Crippen LogP contribution in [0.5, 0.6) is 6.08 Å². The maximum Gasteiger partial charge on any atom is 0.303 e. The molecule has 5 heteroatoms. The standard InChI is InChI=1S/C14H9ClN2O2/c15-11-8-6-10(7-9-11)13-17(16-14(18)19-13)12-4-2-1-3-5-12/h1-9H. The number of nitrogens with zero attached hydrogens (tertiary/aromatic N) is 2. The summed E-state index contributed by atoms with van der Waals surface area (Å²) in [6.45, 7) is 0. The van der Waals surface area contributed by atoms with Crippen LogP contribution >= 0.6 is 11.6 Å². The van der Waals surface area contributed by atoms with Crippen LogP contribution in [-0.2, 0) is 0 Å². The number of hydrogen-bond donors (Lipinski definition) is 0. The molecule has 0 aliphatic carbocycles. The zero-order valence-corrected chi connectivity index (χ0v) is 10.5. The van der Waals surface area contributed by atoms with Crippen LogP contribution in [0.2, 0.25) is 5.02 Å². The average molecular weight is 273 g/mol. The van der Waals surface area contributed by atoms with E-state index >= 15 is 0 Å². The van der Waals surface area contributed by atoms with Gasteiger partial charge in [0.1, 0.15) is 0 Å². The summed E-state index contributed by atoms with van der Waals surface area (Å²) in [5, 5.41) is 15.9. The summed E-state index contributed by atoms with van der Waals surface area (Å²) < 4.78 is 6.63. The molecule has 0 amide bonds. The average Bonchev–Trinajstić information content (AvgIpc) is 2.83. The molecule has 0 saturated heterocycles. The summed E-state index contributed by atoms with van der Waals surface area (Å²) in [5.74, 6) is 0.382. The predicted octanol–water partition coefficient (Wildman–Crippen LogP) is 2.35. The fourth-order valence-corrected chi connectivity index (χ4v) is 1.92. The van der Waals surface area contributed by atoms with E-state index in [9.17, 15) is 5.11 Å². The molecule has 2 aromatic carbocycles. The molecule has 3 rings (SSSR count). The molecule has 0 saturated carbocycles. The van der Waals surface area contributed by atoms with Crippen LogP contribution in [0.4, 0.5) is 0 Å². The van der Waals surface area contributed by atoms with Crippen LogP contribution in [-0.4, -0.2) is 5.10 Å². The lowest BCUT2D eigenvalue weighted by atomic mass is 10.2. The molecule has 1 heterocycles. The summed E-state index contributed by atoms with van der Waals surface area (Å²) in [7, 11) is 0. The quantitative estimate of drug-likeness (QED) is 0.673. The van der Waals surface area contributed by atoms with Gasteiger partial charge in [0.15, 0.2) is 0 Å². The van der Waals surface area contributed by atoms with Crippen molar-refractivity contribution in [2.24, 2.45) is 0 Å². The number of rotatable bonds is 2. The largest absolute Gasteiger partial charge is 0.524 e. The normalized spacial score (nSPS) is 10.6. The van der Waals surface area contributed by atoms with Crippen molar-refractivity contribution in [1.29, 1.82) is 0 Å². The van der Waals surface area contributed by atoms with Crippen molar-refractivity contribution in [3.05, 3.63) is 59.6 Å². The van der Waals surface area contributed by atoms with E-state index in [0.29, 0.717) is 10.9 Å². The van der Waals surface area contributed by atoms with Crippen molar-refractivity contribution in [3.8, 4) is 23.2 Å². The van der Waals surface area contributed by atoms with Crippen molar-refractivity contribution >= 4 is 11.6 Å². The fourth-order valence-electron chi connectivity index (χ4n) is 1.79. The highest BCUT2D eigenvalue weighted by atomic mass is 35.5. The lowest BCUT2D eigenvalue weighted by molar-refractivity contribution is -0.651. The minimum atomic E-state index is -0.631. The maximum absolute atomic E-state index is 11.4. The first-order valence-corrected chi connectivity index (χ1v) is 6.03. The van der Waals surface area contributed by atoms with Gasteiger partial charge in [0.05, 0.1) is 5.56 Å². The summed E-state index contributed by atoms with van der Waals surface area (Å²) in [4.78, 5) is 0. The van der Waals surface area contributed by atoms with Gasteiger partial charge in [-0.25, -0.2) is 0 Å². The van der Waals surface area contributed by atoms with E-state index in [1.807, 2.05) is 30.3 Å². The number of halogens is 1. The van der Waals surface area contributed by atoms with E-state index < -0.39 is 6.08 Å². The molecule has 0 radical (unpaired) electrons. The van der Waals surface area contributed by atoms with Crippen molar-refractivity contribution in [1.82, 2.24) is 5.10 Å². The molecule has 19 heavy (non-hydrogen) atoms. The second-order valence-electron chi connectivity index (χ2n) is 3.93. The van der Waals surface area contributed by atoms with E-state index in [0.717, 1.165) is 11.3 Å². The van der Waals surface area contributed by atoms with Gasteiger partial charge in [-0.15, -0.1) is 0 Å². The Morgan fingerprint density at radius 1 is 1.00 bits per heavy atom. The Morgan fingerprint density at radius 2 is 1.68 bits per heavy atom. The van der Waals surface area contributed by atoms with Crippen LogP contribution in [0.15, 0.2) is 59.0 Å². The highest BCUT2D eigenvalue weighted by Gasteiger charge is 2.19. The lowest BCUT2D eigenvalue weighted by Crippen LogP contribution is -2.34. The minimum absolute atomic E-state index is 0.382. The highest BCUT2D eigenvalue weighted by Crippen LogP contribution is 2.21. The fraction of sp³-hybridized carbons (Fsp3) is 0. The third-order valence-corrected chi connectivity index (χ3v) is 2.90. The molecule has 0 unspecified atom stereocenters. The van der Waals surface area contributed by atoms with Gasteiger partial charge in [-0.3, -0.25) is 0 Å². The van der Waals surface area contributed by atoms with E-state index in [4.69, 9.17) is 16.0 Å². The zero-order valence-electron chi connectivity index (χ0n) is 9.79. The molecule has 0 fully saturated rings. The number of benzene rings is 2. The van der Waals surface area contributed by atoms with Crippen LogP contribution in [0, 0.1) is 0 Å². The molecular formula is C14H9ClN2O2. The molecule has 3 aromatic rings. The van der Waals surface area contributed by atoms with Gasteiger partial charge in [-0.05, 0) is 28.9 Å². The van der Waals surface area contributed by atoms with Crippen LogP contribution < -0.4 is 9.79 Å². The van der Waals surface area contributed by atoms with Crippen molar-refractivity contribution < 1.29 is 14.2 Å². The van der Waals surface area contributed by atoms with Gasteiger partial charge in [0, 0.05) is 22.3 Å². The molecule has 1 aromatic heterocycles. The van der Waals surface area contributed by atoms with E-state index in [1.165, 1.54) is 4.68 Å². The van der Waals surface area contributed by atoms with E-state index in [1.54, 1.807) is 24.3 Å². The smallest absolute Gasteiger partial charge is 0.303 e. The molecule has 0 aliphatic rings. The van der Waals surface area contributed by atoms with Crippen LogP contribution in [0.25, 0.3) is 17.1 Å². The Bertz CT molecular complexity index is 693. The van der Waals surface area contributed by atoms with Gasteiger partial charge in [0.25, 0.3) is 0 Å². The summed E-state index contributed by atoms with van der Waals surface area (Å²) >= 11 is 5.85. The third-order valence-electron chi connectivity index (χ3n) is 2.65. The molecule has 94 valence electrons. The molecule has 0 N–H and O–H groups in total. The maximum atomic E-state index is 11.4.